The van der Waals surface area contributed by atoms with E-state index in [1.807, 2.05) is 6.20 Å². The van der Waals surface area contributed by atoms with Crippen molar-refractivity contribution in [2.75, 3.05) is 23.5 Å². The first-order valence-corrected chi connectivity index (χ1v) is 18.2. The lowest BCUT2D eigenvalue weighted by atomic mass is 9.88. The number of para-hydroxylation sites is 5. The van der Waals surface area contributed by atoms with E-state index in [0.717, 1.165) is 62.8 Å². The fraction of sp³-hybridized carbons (Fsp3) is 0.128. The van der Waals surface area contributed by atoms with Crippen LogP contribution in [0.15, 0.2) is 152 Å². The van der Waals surface area contributed by atoms with Crippen molar-refractivity contribution in [1.82, 2.24) is 14.1 Å². The molecule has 0 saturated carbocycles. The smallest absolute Gasteiger partial charge is 0.137 e. The first kappa shape index (κ1) is 31.2. The van der Waals surface area contributed by atoms with Gasteiger partial charge in [-0.3, -0.25) is 4.57 Å². The molecule has 0 radical (unpaired) electrons. The fourth-order valence-electron chi connectivity index (χ4n) is 8.12. The van der Waals surface area contributed by atoms with Crippen LogP contribution in [0.1, 0.15) is 26.3 Å². The molecule has 0 bridgehead atoms. The zero-order chi connectivity index (χ0) is 35.8. The lowest BCUT2D eigenvalue weighted by molar-refractivity contribution is 0.483. The Kier molecular flexibility index (Phi) is 6.92. The van der Waals surface area contributed by atoms with Gasteiger partial charge >= 0.3 is 0 Å². The Morgan fingerprint density at radius 1 is 0.528 bits per heavy atom. The highest BCUT2D eigenvalue weighted by atomic mass is 16.5. The van der Waals surface area contributed by atoms with Gasteiger partial charge in [0.1, 0.15) is 17.3 Å². The maximum absolute atomic E-state index is 6.94. The van der Waals surface area contributed by atoms with Crippen molar-refractivity contribution in [3.05, 3.63) is 157 Å². The Balaban J connectivity index is 1.16. The molecule has 0 saturated heterocycles. The van der Waals surface area contributed by atoms with Gasteiger partial charge in [0.15, 0.2) is 0 Å². The van der Waals surface area contributed by atoms with Crippen molar-refractivity contribution in [3.8, 4) is 23.0 Å². The summed E-state index contributed by atoms with van der Waals surface area (Å²) in [4.78, 5) is 9.55. The Bertz CT molecular complexity index is 2820. The van der Waals surface area contributed by atoms with Crippen molar-refractivity contribution >= 4 is 60.7 Å². The van der Waals surface area contributed by atoms with Crippen LogP contribution >= 0.6 is 0 Å². The van der Waals surface area contributed by atoms with Crippen molar-refractivity contribution < 1.29 is 4.74 Å². The standard InChI is InChI=1S/C47H39N5O/c1-47(2,3)31-23-24-48-46(25-31)52-42-18-10-7-15-38(42)39-22-21-34(29-45(39)52)53-35-27-32(50-30-49(4)43-19-11-12-20-44(43)50)26-33(28-35)51-40-16-8-5-13-36(40)37-14-6-9-17-41(37)51/h5-29H,30H2,1-4H3. The molecule has 3 aromatic heterocycles. The summed E-state index contributed by atoms with van der Waals surface area (Å²) < 4.78 is 11.6. The van der Waals surface area contributed by atoms with E-state index in [-0.39, 0.29) is 5.41 Å². The van der Waals surface area contributed by atoms with Crippen molar-refractivity contribution in [2.24, 2.45) is 0 Å². The molecule has 53 heavy (non-hydrogen) atoms. The molecule has 9 aromatic rings. The SMILES string of the molecule is CN1CN(c2cc(Oc3ccc4c5ccccc5n(-c5cc(C(C)(C)C)ccn5)c4c3)cc(-n3c4ccccc4c4ccccc43)c2)c2ccccc21. The molecule has 0 amide bonds. The fourth-order valence-corrected chi connectivity index (χ4v) is 8.12. The zero-order valence-corrected chi connectivity index (χ0v) is 30.3. The number of rotatable bonds is 5. The molecule has 0 atom stereocenters. The van der Waals surface area contributed by atoms with E-state index in [4.69, 9.17) is 9.72 Å². The Labute approximate surface area is 308 Å². The van der Waals surface area contributed by atoms with Crippen molar-refractivity contribution in [2.45, 2.75) is 26.2 Å². The minimum absolute atomic E-state index is 0.00548. The predicted octanol–water partition coefficient (Wildman–Crippen LogP) is 11.9. The molecular weight excluding hydrogens is 651 g/mol. The van der Waals surface area contributed by atoms with Gasteiger partial charge in [0.25, 0.3) is 0 Å². The first-order valence-electron chi connectivity index (χ1n) is 18.2. The number of pyridine rings is 1. The highest BCUT2D eigenvalue weighted by Gasteiger charge is 2.26. The molecule has 4 heterocycles. The topological polar surface area (TPSA) is 38.5 Å². The van der Waals surface area contributed by atoms with Crippen LogP contribution in [0.3, 0.4) is 0 Å². The molecule has 0 unspecified atom stereocenters. The van der Waals surface area contributed by atoms with Crippen LogP contribution in [0.5, 0.6) is 11.5 Å². The largest absolute Gasteiger partial charge is 0.457 e. The van der Waals surface area contributed by atoms with Crippen LogP contribution in [0, 0.1) is 0 Å². The third kappa shape index (κ3) is 5.05. The van der Waals surface area contributed by atoms with Gasteiger partial charge in [-0.05, 0) is 71.6 Å². The Morgan fingerprint density at radius 2 is 1.11 bits per heavy atom. The summed E-state index contributed by atoms with van der Waals surface area (Å²) in [7, 11) is 2.15. The molecule has 0 N–H and O–H groups in total. The molecule has 10 rings (SSSR count). The molecule has 6 nitrogen and oxygen atoms in total. The number of fused-ring (bicyclic) bond motifs is 7. The van der Waals surface area contributed by atoms with Crippen LogP contribution in [-0.2, 0) is 5.41 Å². The molecule has 6 aromatic carbocycles. The van der Waals surface area contributed by atoms with Gasteiger partial charge < -0.3 is 19.1 Å². The molecule has 1 aliphatic heterocycles. The number of anilines is 3. The summed E-state index contributed by atoms with van der Waals surface area (Å²) >= 11 is 0. The van der Waals surface area contributed by atoms with E-state index in [1.165, 1.54) is 33.1 Å². The first-order chi connectivity index (χ1) is 25.8. The van der Waals surface area contributed by atoms with Crippen LogP contribution in [0.4, 0.5) is 17.1 Å². The van der Waals surface area contributed by atoms with Gasteiger partial charge in [-0.25, -0.2) is 4.98 Å². The summed E-state index contributed by atoms with van der Waals surface area (Å²) in [5.41, 5.74) is 10.2. The average Bonchev–Trinajstić information content (AvgIpc) is 3.81. The molecule has 1 aliphatic rings. The molecular formula is C47H39N5O. The van der Waals surface area contributed by atoms with Gasteiger partial charge in [0, 0.05) is 58.7 Å². The molecule has 0 aliphatic carbocycles. The maximum Gasteiger partial charge on any atom is 0.137 e. The second-order valence-electron chi connectivity index (χ2n) is 15.1. The molecule has 0 fully saturated rings. The number of aromatic nitrogens is 3. The lowest BCUT2D eigenvalue weighted by Gasteiger charge is -2.22. The van der Waals surface area contributed by atoms with E-state index in [0.29, 0.717) is 0 Å². The lowest BCUT2D eigenvalue weighted by Crippen LogP contribution is -2.24. The summed E-state index contributed by atoms with van der Waals surface area (Å²) in [5, 5.41) is 4.80. The van der Waals surface area contributed by atoms with E-state index >= 15 is 0 Å². The number of hydrogen-bond acceptors (Lipinski definition) is 4. The summed E-state index contributed by atoms with van der Waals surface area (Å²) in [6.07, 6.45) is 1.92. The monoisotopic (exact) mass is 689 g/mol. The summed E-state index contributed by atoms with van der Waals surface area (Å²) in [6, 6.07) is 51.8. The zero-order valence-electron chi connectivity index (χ0n) is 30.3. The number of nitrogens with zero attached hydrogens (tertiary/aromatic N) is 5. The molecule has 6 heteroatoms. The van der Waals surface area contributed by atoms with Gasteiger partial charge in [-0.15, -0.1) is 0 Å². The minimum Gasteiger partial charge on any atom is -0.457 e. The molecule has 0 spiro atoms. The summed E-state index contributed by atoms with van der Waals surface area (Å²) in [5.74, 6) is 2.42. The maximum atomic E-state index is 6.94. The molecule has 258 valence electrons. The van der Waals surface area contributed by atoms with Gasteiger partial charge in [0.05, 0.1) is 45.8 Å². The second-order valence-corrected chi connectivity index (χ2v) is 15.1. The average molecular weight is 690 g/mol. The summed E-state index contributed by atoms with van der Waals surface area (Å²) in [6.45, 7) is 7.46. The number of ether oxygens (including phenoxy) is 1. The van der Waals surface area contributed by atoms with Crippen molar-refractivity contribution in [1.29, 1.82) is 0 Å². The predicted molar refractivity (Wildman–Crippen MR) is 220 cm³/mol. The van der Waals surface area contributed by atoms with Crippen LogP contribution in [0.25, 0.3) is 55.1 Å². The Hall–Kier alpha value is -6.53. The quantitative estimate of drug-likeness (QED) is 0.180. The number of benzene rings is 6. The highest BCUT2D eigenvalue weighted by Crippen LogP contribution is 2.43. The van der Waals surface area contributed by atoms with Crippen molar-refractivity contribution in [3.63, 3.8) is 0 Å². The number of hydrogen-bond donors (Lipinski definition) is 0. The van der Waals surface area contributed by atoms with Gasteiger partial charge in [0.2, 0.25) is 0 Å². The third-order valence-corrected chi connectivity index (χ3v) is 10.7. The van der Waals surface area contributed by atoms with Gasteiger partial charge in [-0.1, -0.05) is 87.5 Å². The normalized spacial score (nSPS) is 13.1. The van der Waals surface area contributed by atoms with E-state index in [9.17, 15) is 0 Å². The highest BCUT2D eigenvalue weighted by molar-refractivity contribution is 6.10. The minimum atomic E-state index is -0.00548. The second kappa shape index (κ2) is 11.8. The van der Waals surface area contributed by atoms with Crippen LogP contribution < -0.4 is 14.5 Å². The van der Waals surface area contributed by atoms with Crippen LogP contribution in [-0.4, -0.2) is 27.8 Å². The third-order valence-electron chi connectivity index (χ3n) is 10.7. The van der Waals surface area contributed by atoms with E-state index < -0.39 is 0 Å². The van der Waals surface area contributed by atoms with E-state index in [1.54, 1.807) is 0 Å². The van der Waals surface area contributed by atoms with Gasteiger partial charge in [-0.2, -0.15) is 0 Å². The van der Waals surface area contributed by atoms with E-state index in [2.05, 4.69) is 192 Å². The van der Waals surface area contributed by atoms with Crippen LogP contribution in [0.2, 0.25) is 0 Å². The Morgan fingerprint density at radius 3 is 1.79 bits per heavy atom.